The van der Waals surface area contributed by atoms with Crippen LogP contribution in [0.3, 0.4) is 0 Å². The fourth-order valence-corrected chi connectivity index (χ4v) is 4.61. The van der Waals surface area contributed by atoms with Gasteiger partial charge in [0, 0.05) is 18.1 Å². The molecule has 1 unspecified atom stereocenters. The van der Waals surface area contributed by atoms with Crippen LogP contribution in [0.2, 0.25) is 0 Å². The minimum atomic E-state index is -4.64. The van der Waals surface area contributed by atoms with Crippen molar-refractivity contribution in [3.63, 3.8) is 0 Å². The van der Waals surface area contributed by atoms with E-state index in [1.165, 1.54) is 23.2 Å². The summed E-state index contributed by atoms with van der Waals surface area (Å²) in [5.41, 5.74) is 5.58. The topological polar surface area (TPSA) is 242 Å². The van der Waals surface area contributed by atoms with E-state index in [0.29, 0.717) is 11.3 Å². The summed E-state index contributed by atoms with van der Waals surface area (Å²) in [6.45, 7) is 4.68. The molecule has 2 aliphatic rings. The van der Waals surface area contributed by atoms with Crippen LogP contribution in [0.15, 0.2) is 34.5 Å². The molecule has 0 saturated carbocycles. The van der Waals surface area contributed by atoms with Gasteiger partial charge in [0.1, 0.15) is 22.8 Å². The van der Waals surface area contributed by atoms with Crippen molar-refractivity contribution in [3.8, 4) is 0 Å². The maximum Gasteiger partial charge on any atom is 0.466 e. The number of anilines is 1. The lowest BCUT2D eigenvalue weighted by atomic mass is 10.0. The lowest BCUT2D eigenvalue weighted by Gasteiger charge is -2.49. The lowest BCUT2D eigenvalue weighted by molar-refractivity contribution is -0.150. The number of carboxylic acid groups (broad SMARTS) is 1. The fourth-order valence-electron chi connectivity index (χ4n) is 2.72. The molecule has 1 aromatic heterocycles. The van der Waals surface area contributed by atoms with Crippen LogP contribution < -0.4 is 11.1 Å². The Bertz CT molecular complexity index is 1130. The fraction of sp³-hybridized carbons (Fsp3) is 0.250. The van der Waals surface area contributed by atoms with E-state index in [1.807, 2.05) is 0 Å². The zero-order chi connectivity index (χ0) is 25.8. The van der Waals surface area contributed by atoms with Crippen molar-refractivity contribution in [1.82, 2.24) is 15.2 Å². The standard InChI is InChI=1S/C16H15N5O6S2.H3O4P/c1-3-7-4-28-14-10(13(24)21(14)11(7)15(25)26)19-12(23)9(20-27-6(2)22)8-5-29-16(17)18-8;1-5(2,3)4/h3,5,10,14H,1,4H2,2H3,(H2,17,18)(H,19,23)(H,25,26);(H3,1,2,3,4)/t10?,14-;/m0./s1. The van der Waals surface area contributed by atoms with Gasteiger partial charge in [0.15, 0.2) is 10.8 Å². The molecule has 2 atom stereocenters. The van der Waals surface area contributed by atoms with Gasteiger partial charge in [-0.1, -0.05) is 17.8 Å². The summed E-state index contributed by atoms with van der Waals surface area (Å²) in [5, 5.41) is 16.5. The lowest BCUT2D eigenvalue weighted by Crippen LogP contribution is -2.71. The van der Waals surface area contributed by atoms with Crippen LogP contribution in [0.5, 0.6) is 0 Å². The van der Waals surface area contributed by atoms with Crippen molar-refractivity contribution >= 4 is 65.5 Å². The number of aromatic nitrogens is 1. The molecule has 3 rings (SSSR count). The van der Waals surface area contributed by atoms with Gasteiger partial charge in [0.25, 0.3) is 11.8 Å². The second-order valence-corrected chi connectivity index (χ2v) is 9.37. The molecule has 0 spiro atoms. The number of thioether (sulfide) groups is 1. The predicted octanol–water partition coefficient (Wildman–Crippen LogP) is -1.01. The van der Waals surface area contributed by atoms with E-state index in [9.17, 15) is 24.3 Å². The summed E-state index contributed by atoms with van der Waals surface area (Å²) in [6, 6.07) is -0.980. The number of carbonyl (C=O) groups excluding carboxylic acids is 3. The van der Waals surface area contributed by atoms with Gasteiger partial charge in [-0.3, -0.25) is 14.5 Å². The number of aliphatic carboxylic acids is 1. The van der Waals surface area contributed by atoms with E-state index in [-0.39, 0.29) is 22.2 Å². The second-order valence-electron chi connectivity index (χ2n) is 6.35. The summed E-state index contributed by atoms with van der Waals surface area (Å²) in [4.78, 5) is 79.0. The first-order chi connectivity index (χ1) is 15.7. The predicted molar refractivity (Wildman–Crippen MR) is 119 cm³/mol. The third-order valence-corrected chi connectivity index (χ3v) is 5.95. The van der Waals surface area contributed by atoms with Crippen molar-refractivity contribution in [3.05, 3.63) is 35.0 Å². The summed E-state index contributed by atoms with van der Waals surface area (Å²) in [5.74, 6) is -3.08. The number of carboxylic acids is 1. The van der Waals surface area contributed by atoms with Gasteiger partial charge in [-0.25, -0.2) is 19.1 Å². The molecule has 0 radical (unpaired) electrons. The highest BCUT2D eigenvalue weighted by Crippen LogP contribution is 2.40. The Morgan fingerprint density at radius 1 is 1.41 bits per heavy atom. The largest absolute Gasteiger partial charge is 0.477 e. The number of hydrogen-bond acceptors (Lipinski definition) is 11. The number of oxime groups is 1. The Balaban J connectivity index is 0.000000739. The van der Waals surface area contributed by atoms with Crippen LogP contribution in [-0.4, -0.2) is 76.3 Å². The Labute approximate surface area is 199 Å². The summed E-state index contributed by atoms with van der Waals surface area (Å²) in [7, 11) is -4.64. The number of rotatable bonds is 6. The highest BCUT2D eigenvalue weighted by molar-refractivity contribution is 8.00. The van der Waals surface area contributed by atoms with Gasteiger partial charge in [0.05, 0.1) is 0 Å². The number of phosphoric acid groups is 1. The van der Waals surface area contributed by atoms with E-state index < -0.39 is 43.0 Å². The molecule has 1 aromatic rings. The second kappa shape index (κ2) is 10.9. The number of nitrogens with zero attached hydrogens (tertiary/aromatic N) is 3. The van der Waals surface area contributed by atoms with Crippen LogP contribution in [0.25, 0.3) is 0 Å². The zero-order valence-corrected chi connectivity index (χ0v) is 19.7. The van der Waals surface area contributed by atoms with Crippen molar-refractivity contribution in [1.29, 1.82) is 0 Å². The molecule has 1 fully saturated rings. The SMILES string of the molecule is C=CC1=C(C(=O)O)N2C(=O)C(NC(=O)C(=NOC(C)=O)c3csc(N)n3)[C@@H]2SC1.O=P(O)(O)O. The van der Waals surface area contributed by atoms with Gasteiger partial charge in [-0.2, -0.15) is 0 Å². The Hall–Kier alpha value is -3.08. The molecular weight excluding hydrogens is 517 g/mol. The van der Waals surface area contributed by atoms with Crippen LogP contribution in [0, 0.1) is 0 Å². The number of amides is 2. The van der Waals surface area contributed by atoms with E-state index in [2.05, 4.69) is 26.9 Å². The van der Waals surface area contributed by atoms with Crippen molar-refractivity contribution in [2.24, 2.45) is 5.16 Å². The highest BCUT2D eigenvalue weighted by atomic mass is 32.2. The van der Waals surface area contributed by atoms with Crippen LogP contribution in [0.4, 0.5) is 5.13 Å². The van der Waals surface area contributed by atoms with Crippen LogP contribution in [-0.2, 0) is 28.6 Å². The molecule has 0 aromatic carbocycles. The van der Waals surface area contributed by atoms with Crippen molar-refractivity contribution in [2.75, 3.05) is 11.5 Å². The molecule has 18 heteroatoms. The summed E-state index contributed by atoms with van der Waals surface area (Å²) >= 11 is 2.34. The normalized spacial score (nSPS) is 19.8. The van der Waals surface area contributed by atoms with E-state index in [0.717, 1.165) is 23.2 Å². The number of fused-ring (bicyclic) bond motifs is 1. The summed E-state index contributed by atoms with van der Waals surface area (Å²) in [6.07, 6.45) is 1.39. The number of β-lactam (4-membered cyclic amide) rings is 1. The first kappa shape index (κ1) is 27.2. The van der Waals surface area contributed by atoms with Gasteiger partial charge in [-0.15, -0.1) is 23.1 Å². The molecule has 3 heterocycles. The quantitative estimate of drug-likeness (QED) is 0.0842. The van der Waals surface area contributed by atoms with Gasteiger partial charge in [-0.05, 0) is 5.57 Å². The molecule has 0 aliphatic carbocycles. The van der Waals surface area contributed by atoms with E-state index in [4.69, 9.17) is 25.0 Å². The molecular formula is C16H18N5O10PS2. The molecule has 2 amide bonds. The van der Waals surface area contributed by atoms with Crippen molar-refractivity contribution in [2.45, 2.75) is 18.3 Å². The Kier molecular flexibility index (Phi) is 8.71. The zero-order valence-electron chi connectivity index (χ0n) is 17.1. The number of thiazole rings is 1. The smallest absolute Gasteiger partial charge is 0.466 e. The Morgan fingerprint density at radius 2 is 2.03 bits per heavy atom. The third kappa shape index (κ3) is 6.72. The van der Waals surface area contributed by atoms with E-state index >= 15 is 0 Å². The van der Waals surface area contributed by atoms with Crippen LogP contribution >= 0.6 is 30.9 Å². The molecule has 1 saturated heterocycles. The minimum Gasteiger partial charge on any atom is -0.477 e. The minimum absolute atomic E-state index is 0.0752. The maximum absolute atomic E-state index is 12.7. The first-order valence-corrected chi connectivity index (χ1v) is 12.3. The average Bonchev–Trinajstić information content (AvgIpc) is 3.15. The van der Waals surface area contributed by atoms with Crippen molar-refractivity contribution < 1.29 is 48.4 Å². The number of hydrogen-bond donors (Lipinski definition) is 6. The molecule has 2 aliphatic heterocycles. The highest BCUT2D eigenvalue weighted by Gasteiger charge is 2.54. The molecule has 0 bridgehead atoms. The maximum atomic E-state index is 12.7. The number of carbonyl (C=O) groups is 4. The number of nitrogen functional groups attached to an aromatic ring is 1. The monoisotopic (exact) mass is 535 g/mol. The molecule has 15 nitrogen and oxygen atoms in total. The number of allylic oxidation sites excluding steroid dienone is 1. The van der Waals surface area contributed by atoms with Gasteiger partial charge >= 0.3 is 19.8 Å². The average molecular weight is 535 g/mol. The van der Waals surface area contributed by atoms with Gasteiger partial charge in [0.2, 0.25) is 0 Å². The number of nitrogens with two attached hydrogens (primary N) is 1. The molecule has 7 N–H and O–H groups in total. The third-order valence-electron chi connectivity index (χ3n) is 3.98. The van der Waals surface area contributed by atoms with Gasteiger partial charge < -0.3 is 35.7 Å². The molecule has 34 heavy (non-hydrogen) atoms. The summed E-state index contributed by atoms with van der Waals surface area (Å²) < 4.78 is 8.88. The first-order valence-electron chi connectivity index (χ1n) is 8.84. The van der Waals surface area contributed by atoms with E-state index in [1.54, 1.807) is 0 Å². The van der Waals surface area contributed by atoms with Crippen LogP contribution in [0.1, 0.15) is 12.6 Å². The number of nitrogens with one attached hydrogen (secondary N) is 1. The molecule has 184 valence electrons. The Morgan fingerprint density at radius 3 is 2.50 bits per heavy atom.